The van der Waals surface area contributed by atoms with Crippen LogP contribution in [-0.2, 0) is 24.1 Å². The largest absolute Gasteiger partial charge is 0.382 e. The molecule has 1 aromatic carbocycles. The van der Waals surface area contributed by atoms with Crippen LogP contribution in [0.1, 0.15) is 59.5 Å². The molecule has 0 unspecified atom stereocenters. The number of hydrogen-bond acceptors (Lipinski definition) is 3. The molecule has 1 atom stereocenters. The number of urea groups is 1. The Bertz CT molecular complexity index is 1070. The molecular formula is C26H31N3O2S. The van der Waals surface area contributed by atoms with E-state index in [4.69, 9.17) is 4.74 Å². The number of carbonyl (C=O) groups excluding carboxylic acids is 1. The fourth-order valence-corrected chi connectivity index (χ4v) is 6.39. The molecule has 3 heterocycles. The number of amides is 2. The summed E-state index contributed by atoms with van der Waals surface area (Å²) in [5.41, 5.74) is 5.11. The normalized spacial score (nSPS) is 17.3. The molecular weight excluding hydrogens is 418 g/mol. The average Bonchev–Trinajstić information content (AvgIpc) is 3.41. The number of aryl methyl sites for hydroxylation is 1. The van der Waals surface area contributed by atoms with Crippen molar-refractivity contribution in [1.82, 2.24) is 14.8 Å². The van der Waals surface area contributed by atoms with E-state index < -0.39 is 0 Å². The van der Waals surface area contributed by atoms with Crippen LogP contribution in [0.3, 0.4) is 0 Å². The highest BCUT2D eigenvalue weighted by Crippen LogP contribution is 2.43. The molecule has 5 rings (SSSR count). The fourth-order valence-electron chi connectivity index (χ4n) is 4.99. The van der Waals surface area contributed by atoms with Gasteiger partial charge in [-0.1, -0.05) is 30.3 Å². The first-order chi connectivity index (χ1) is 15.8. The molecule has 0 saturated carbocycles. The minimum absolute atomic E-state index is 0.00768. The molecule has 168 valence electrons. The Morgan fingerprint density at radius 1 is 1.12 bits per heavy atom. The summed E-state index contributed by atoms with van der Waals surface area (Å²) in [6, 6.07) is 14.6. The summed E-state index contributed by atoms with van der Waals surface area (Å²) in [5.74, 6) is 0. The fraction of sp³-hybridized carbons (Fsp3) is 0.423. The van der Waals surface area contributed by atoms with Crippen LogP contribution in [0.25, 0.3) is 5.00 Å². The standard InChI is InChI=1S/C26H31N3O2S/c1-2-31-17-9-15-27-26(30)29-18-21-20-12-6-7-14-23(20)32-25(21)28-16-8-13-22(28)24(29)19-10-4-3-5-11-19/h3-5,8,10-11,13,16,24H,2,6-7,9,12,14-15,17-18H2,1H3,(H,27,30)/t24-/m0/s1. The van der Waals surface area contributed by atoms with E-state index in [1.807, 2.05) is 29.2 Å². The van der Waals surface area contributed by atoms with Crippen molar-refractivity contribution in [3.8, 4) is 5.00 Å². The van der Waals surface area contributed by atoms with E-state index in [0.717, 1.165) is 30.5 Å². The summed E-state index contributed by atoms with van der Waals surface area (Å²) in [4.78, 5) is 17.1. The van der Waals surface area contributed by atoms with Gasteiger partial charge in [0.1, 0.15) is 5.00 Å². The number of benzene rings is 1. The maximum absolute atomic E-state index is 13.6. The van der Waals surface area contributed by atoms with Crippen LogP contribution in [0, 0.1) is 0 Å². The van der Waals surface area contributed by atoms with Crippen molar-refractivity contribution >= 4 is 17.4 Å². The Hall–Kier alpha value is -2.57. The van der Waals surface area contributed by atoms with Crippen molar-refractivity contribution in [2.75, 3.05) is 19.8 Å². The molecule has 6 heteroatoms. The molecule has 3 aromatic rings. The highest BCUT2D eigenvalue weighted by Gasteiger charge is 2.35. The zero-order valence-corrected chi connectivity index (χ0v) is 19.5. The van der Waals surface area contributed by atoms with Crippen LogP contribution in [0.15, 0.2) is 48.7 Å². The van der Waals surface area contributed by atoms with E-state index in [-0.39, 0.29) is 12.1 Å². The summed E-state index contributed by atoms with van der Waals surface area (Å²) in [5, 5.41) is 4.46. The molecule has 2 aromatic heterocycles. The van der Waals surface area contributed by atoms with Crippen LogP contribution in [0.2, 0.25) is 0 Å². The summed E-state index contributed by atoms with van der Waals surface area (Å²) in [6.07, 6.45) is 7.77. The first-order valence-electron chi connectivity index (χ1n) is 11.8. The van der Waals surface area contributed by atoms with Gasteiger partial charge in [0.25, 0.3) is 0 Å². The first kappa shape index (κ1) is 21.3. The minimum atomic E-state index is -0.128. The molecule has 1 aliphatic carbocycles. The summed E-state index contributed by atoms with van der Waals surface area (Å²) in [6.45, 7) is 4.63. The van der Waals surface area contributed by atoms with Gasteiger partial charge in [-0.05, 0) is 62.3 Å². The number of carbonyl (C=O) groups is 1. The van der Waals surface area contributed by atoms with Gasteiger partial charge in [-0.15, -0.1) is 11.3 Å². The van der Waals surface area contributed by atoms with Gasteiger partial charge < -0.3 is 19.5 Å². The van der Waals surface area contributed by atoms with E-state index in [9.17, 15) is 4.79 Å². The van der Waals surface area contributed by atoms with Gasteiger partial charge in [-0.3, -0.25) is 0 Å². The Balaban J connectivity index is 1.54. The van der Waals surface area contributed by atoms with Crippen molar-refractivity contribution in [2.45, 2.75) is 51.6 Å². The maximum atomic E-state index is 13.6. The lowest BCUT2D eigenvalue weighted by Gasteiger charge is -2.31. The number of aromatic nitrogens is 1. The number of rotatable bonds is 6. The molecule has 0 fully saturated rings. The second-order valence-corrected chi connectivity index (χ2v) is 9.60. The van der Waals surface area contributed by atoms with Gasteiger partial charge in [0.05, 0.1) is 18.3 Å². The summed E-state index contributed by atoms with van der Waals surface area (Å²) >= 11 is 1.92. The predicted molar refractivity (Wildman–Crippen MR) is 129 cm³/mol. The highest BCUT2D eigenvalue weighted by atomic mass is 32.1. The van der Waals surface area contributed by atoms with Crippen LogP contribution in [-0.4, -0.2) is 35.3 Å². The smallest absolute Gasteiger partial charge is 0.318 e. The molecule has 0 spiro atoms. The topological polar surface area (TPSA) is 46.5 Å². The quantitative estimate of drug-likeness (QED) is 0.508. The number of nitrogens with one attached hydrogen (secondary N) is 1. The molecule has 5 nitrogen and oxygen atoms in total. The second kappa shape index (κ2) is 9.51. The van der Waals surface area contributed by atoms with Gasteiger partial charge in [0.2, 0.25) is 0 Å². The Labute approximate surface area is 194 Å². The van der Waals surface area contributed by atoms with E-state index in [1.165, 1.54) is 33.8 Å². The number of nitrogens with zero attached hydrogens (tertiary/aromatic N) is 2. The van der Waals surface area contributed by atoms with Crippen molar-refractivity contribution in [2.24, 2.45) is 0 Å². The lowest BCUT2D eigenvalue weighted by Crippen LogP contribution is -2.42. The van der Waals surface area contributed by atoms with Gasteiger partial charge in [0, 0.05) is 36.4 Å². The van der Waals surface area contributed by atoms with Gasteiger partial charge >= 0.3 is 6.03 Å². The Morgan fingerprint density at radius 3 is 2.81 bits per heavy atom. The third-order valence-electron chi connectivity index (χ3n) is 6.50. The number of hydrogen-bond donors (Lipinski definition) is 1. The van der Waals surface area contributed by atoms with E-state index in [2.05, 4.69) is 52.5 Å². The third-order valence-corrected chi connectivity index (χ3v) is 7.83. The van der Waals surface area contributed by atoms with Crippen LogP contribution in [0.4, 0.5) is 4.79 Å². The van der Waals surface area contributed by atoms with E-state index in [0.29, 0.717) is 26.3 Å². The van der Waals surface area contributed by atoms with Crippen molar-refractivity contribution in [3.63, 3.8) is 0 Å². The number of fused-ring (bicyclic) bond motifs is 5. The SMILES string of the molecule is CCOCCCNC(=O)N1Cc2c(sc3c2CCCC3)-n2cccc2[C@@H]1c1ccccc1. The maximum Gasteiger partial charge on any atom is 0.318 e. The van der Waals surface area contributed by atoms with Crippen LogP contribution in [0.5, 0.6) is 0 Å². The molecule has 0 saturated heterocycles. The third kappa shape index (κ3) is 3.97. The predicted octanol–water partition coefficient (Wildman–Crippen LogP) is 5.46. The van der Waals surface area contributed by atoms with Gasteiger partial charge in [-0.2, -0.15) is 0 Å². The molecule has 1 N–H and O–H groups in total. The van der Waals surface area contributed by atoms with Crippen LogP contribution >= 0.6 is 11.3 Å². The van der Waals surface area contributed by atoms with E-state index >= 15 is 0 Å². The first-order valence-corrected chi connectivity index (χ1v) is 12.6. The van der Waals surface area contributed by atoms with Crippen molar-refractivity contribution < 1.29 is 9.53 Å². The molecule has 1 aliphatic heterocycles. The molecule has 2 aliphatic rings. The second-order valence-electron chi connectivity index (χ2n) is 8.52. The summed E-state index contributed by atoms with van der Waals surface area (Å²) < 4.78 is 7.77. The molecule has 0 radical (unpaired) electrons. The van der Waals surface area contributed by atoms with E-state index in [1.54, 1.807) is 0 Å². The Morgan fingerprint density at radius 2 is 1.97 bits per heavy atom. The molecule has 0 bridgehead atoms. The van der Waals surface area contributed by atoms with Gasteiger partial charge in [0.15, 0.2) is 0 Å². The lowest BCUT2D eigenvalue weighted by atomic mass is 9.95. The zero-order chi connectivity index (χ0) is 21.9. The highest BCUT2D eigenvalue weighted by molar-refractivity contribution is 7.15. The molecule has 2 amide bonds. The monoisotopic (exact) mass is 449 g/mol. The summed E-state index contributed by atoms with van der Waals surface area (Å²) in [7, 11) is 0. The van der Waals surface area contributed by atoms with Gasteiger partial charge in [-0.25, -0.2) is 4.79 Å². The van der Waals surface area contributed by atoms with Crippen LogP contribution < -0.4 is 5.32 Å². The number of thiophene rings is 1. The minimum Gasteiger partial charge on any atom is -0.382 e. The Kier molecular flexibility index (Phi) is 6.32. The zero-order valence-electron chi connectivity index (χ0n) is 18.7. The van der Waals surface area contributed by atoms with Crippen molar-refractivity contribution in [3.05, 3.63) is 75.9 Å². The molecule has 32 heavy (non-hydrogen) atoms. The lowest BCUT2D eigenvalue weighted by molar-refractivity contribution is 0.143. The number of ether oxygens (including phenoxy) is 1. The average molecular weight is 450 g/mol. The van der Waals surface area contributed by atoms with Crippen molar-refractivity contribution in [1.29, 1.82) is 0 Å².